The van der Waals surface area contributed by atoms with Gasteiger partial charge in [0.05, 0.1) is 12.8 Å². The molecule has 0 aromatic carbocycles. The minimum atomic E-state index is -0.576. The maximum atomic E-state index is 11.7. The molecule has 0 saturated carbocycles. The quantitative estimate of drug-likeness (QED) is 0.562. The molecule has 1 heterocycles. The summed E-state index contributed by atoms with van der Waals surface area (Å²) in [7, 11) is 2.77. The van der Waals surface area contributed by atoms with Gasteiger partial charge >= 0.3 is 5.97 Å². The topological polar surface area (TPSA) is 93.5 Å². The van der Waals surface area contributed by atoms with E-state index in [0.29, 0.717) is 11.5 Å². The maximum Gasteiger partial charge on any atom is 0.343 e. The fraction of sp³-hybridized carbons (Fsp3) is 0.333. The number of nitrogens with one attached hydrogen (secondary N) is 2. The highest BCUT2D eigenvalue weighted by molar-refractivity contribution is 7.19. The first-order chi connectivity index (χ1) is 8.92. The Labute approximate surface area is 115 Å². The number of ether oxygens (including phenoxy) is 1. The summed E-state index contributed by atoms with van der Waals surface area (Å²) >= 11 is 1.11. The van der Waals surface area contributed by atoms with E-state index in [4.69, 9.17) is 5.73 Å². The van der Waals surface area contributed by atoms with Crippen molar-refractivity contribution in [3.05, 3.63) is 22.6 Å². The standard InChI is InChI=1S/C12H17N3O3S/c1-6(2)5-15-11-7(12(17)18-4)8(13)9(19-11)10(16)14-3/h15H,1,5,13H2,2-4H3,(H,14,16). The Kier molecular flexibility index (Phi) is 4.94. The van der Waals surface area contributed by atoms with Crippen LogP contribution in [0.3, 0.4) is 0 Å². The number of carbonyl (C=O) groups is 2. The molecule has 1 aromatic heterocycles. The van der Waals surface area contributed by atoms with E-state index in [2.05, 4.69) is 21.9 Å². The summed E-state index contributed by atoms with van der Waals surface area (Å²) < 4.78 is 4.68. The van der Waals surface area contributed by atoms with Crippen LogP contribution in [-0.4, -0.2) is 32.6 Å². The molecule has 1 aromatic rings. The molecule has 0 saturated heterocycles. The van der Waals surface area contributed by atoms with Gasteiger partial charge in [0, 0.05) is 13.6 Å². The second-order valence-electron chi connectivity index (χ2n) is 3.93. The minimum Gasteiger partial charge on any atom is -0.465 e. The second kappa shape index (κ2) is 6.24. The predicted molar refractivity (Wildman–Crippen MR) is 76.8 cm³/mol. The molecular weight excluding hydrogens is 266 g/mol. The average Bonchev–Trinajstić information content (AvgIpc) is 2.71. The summed E-state index contributed by atoms with van der Waals surface area (Å²) in [5, 5.41) is 6.01. The van der Waals surface area contributed by atoms with Gasteiger partial charge in [-0.05, 0) is 6.92 Å². The predicted octanol–water partition coefficient (Wildman–Crippen LogP) is 1.46. The van der Waals surface area contributed by atoms with Gasteiger partial charge in [-0.2, -0.15) is 0 Å². The molecule has 7 heteroatoms. The van der Waals surface area contributed by atoms with Crippen molar-refractivity contribution in [1.82, 2.24) is 5.32 Å². The molecule has 0 unspecified atom stereocenters. The van der Waals surface area contributed by atoms with Crippen LogP contribution < -0.4 is 16.4 Å². The van der Waals surface area contributed by atoms with Crippen LogP contribution in [0.2, 0.25) is 0 Å². The van der Waals surface area contributed by atoms with Crippen molar-refractivity contribution < 1.29 is 14.3 Å². The number of methoxy groups -OCH3 is 1. The van der Waals surface area contributed by atoms with E-state index in [-0.39, 0.29) is 22.0 Å². The molecule has 0 atom stereocenters. The van der Waals surface area contributed by atoms with Gasteiger partial charge in [0.15, 0.2) is 0 Å². The number of nitrogens with two attached hydrogens (primary N) is 1. The van der Waals surface area contributed by atoms with Crippen LogP contribution in [-0.2, 0) is 4.74 Å². The van der Waals surface area contributed by atoms with E-state index >= 15 is 0 Å². The molecule has 0 aliphatic rings. The molecule has 1 amide bonds. The van der Waals surface area contributed by atoms with Crippen molar-refractivity contribution >= 4 is 33.9 Å². The molecule has 0 radical (unpaired) electrons. The van der Waals surface area contributed by atoms with Crippen LogP contribution in [0.5, 0.6) is 0 Å². The lowest BCUT2D eigenvalue weighted by atomic mass is 10.2. The molecule has 0 bridgehead atoms. The highest BCUT2D eigenvalue weighted by Gasteiger charge is 2.25. The van der Waals surface area contributed by atoms with Crippen molar-refractivity contribution in [3.8, 4) is 0 Å². The fourth-order valence-electron chi connectivity index (χ4n) is 1.39. The van der Waals surface area contributed by atoms with Crippen molar-refractivity contribution in [2.45, 2.75) is 6.92 Å². The monoisotopic (exact) mass is 283 g/mol. The summed E-state index contributed by atoms with van der Waals surface area (Å²) in [6.07, 6.45) is 0. The lowest BCUT2D eigenvalue weighted by Crippen LogP contribution is -2.18. The van der Waals surface area contributed by atoms with Crippen molar-refractivity contribution in [2.75, 3.05) is 31.8 Å². The third-order valence-electron chi connectivity index (χ3n) is 2.32. The number of rotatable bonds is 5. The SMILES string of the molecule is C=C(C)CNc1sc(C(=O)NC)c(N)c1C(=O)OC. The fourth-order valence-corrected chi connectivity index (χ4v) is 2.44. The van der Waals surface area contributed by atoms with Crippen LogP contribution >= 0.6 is 11.3 Å². The number of amides is 1. The first-order valence-corrected chi connectivity index (χ1v) is 6.34. The Morgan fingerprint density at radius 3 is 2.58 bits per heavy atom. The maximum absolute atomic E-state index is 11.7. The zero-order chi connectivity index (χ0) is 14.6. The molecule has 4 N–H and O–H groups in total. The highest BCUT2D eigenvalue weighted by Crippen LogP contribution is 2.36. The third kappa shape index (κ3) is 3.25. The van der Waals surface area contributed by atoms with E-state index in [1.807, 2.05) is 6.92 Å². The van der Waals surface area contributed by atoms with E-state index in [1.165, 1.54) is 14.2 Å². The van der Waals surface area contributed by atoms with Crippen LogP contribution in [0.1, 0.15) is 27.0 Å². The zero-order valence-corrected chi connectivity index (χ0v) is 11.9. The highest BCUT2D eigenvalue weighted by atomic mass is 32.1. The number of esters is 1. The Morgan fingerprint density at radius 2 is 2.11 bits per heavy atom. The number of anilines is 2. The first-order valence-electron chi connectivity index (χ1n) is 5.53. The molecule has 0 aliphatic heterocycles. The van der Waals surface area contributed by atoms with Gasteiger partial charge in [0.1, 0.15) is 15.4 Å². The van der Waals surface area contributed by atoms with Crippen LogP contribution in [0.25, 0.3) is 0 Å². The summed E-state index contributed by atoms with van der Waals surface area (Å²) in [4.78, 5) is 23.7. The lowest BCUT2D eigenvalue weighted by molar-refractivity contribution is 0.0603. The number of carbonyl (C=O) groups excluding carboxylic acids is 2. The molecule has 104 valence electrons. The summed E-state index contributed by atoms with van der Waals surface area (Å²) in [6.45, 7) is 6.09. The molecule has 19 heavy (non-hydrogen) atoms. The Bertz CT molecular complexity index is 523. The molecule has 0 aliphatic carbocycles. The molecule has 0 spiro atoms. The summed E-state index contributed by atoms with van der Waals surface area (Å²) in [6, 6.07) is 0. The smallest absolute Gasteiger partial charge is 0.343 e. The van der Waals surface area contributed by atoms with E-state index in [9.17, 15) is 9.59 Å². The normalized spacial score (nSPS) is 9.84. The van der Waals surface area contributed by atoms with Gasteiger partial charge in [0.2, 0.25) is 0 Å². The van der Waals surface area contributed by atoms with Gasteiger partial charge in [-0.15, -0.1) is 11.3 Å². The molecular formula is C12H17N3O3S. The summed E-state index contributed by atoms with van der Waals surface area (Å²) in [5.41, 5.74) is 7.06. The Hall–Kier alpha value is -2.02. The molecule has 0 fully saturated rings. The summed E-state index contributed by atoms with van der Waals surface area (Å²) in [5.74, 6) is -0.913. The number of hydrogen-bond donors (Lipinski definition) is 3. The molecule has 6 nitrogen and oxygen atoms in total. The molecule has 1 rings (SSSR count). The number of hydrogen-bond acceptors (Lipinski definition) is 6. The number of thiophene rings is 1. The van der Waals surface area contributed by atoms with Crippen LogP contribution in [0, 0.1) is 0 Å². The van der Waals surface area contributed by atoms with Crippen LogP contribution in [0.4, 0.5) is 10.7 Å². The first kappa shape index (κ1) is 15.0. The largest absolute Gasteiger partial charge is 0.465 e. The number of nitrogen functional groups attached to an aromatic ring is 1. The minimum absolute atomic E-state index is 0.125. The average molecular weight is 283 g/mol. The van der Waals surface area contributed by atoms with Crippen LogP contribution in [0.15, 0.2) is 12.2 Å². The lowest BCUT2D eigenvalue weighted by Gasteiger charge is -2.06. The van der Waals surface area contributed by atoms with E-state index in [1.54, 1.807) is 0 Å². The van der Waals surface area contributed by atoms with Gasteiger partial charge in [-0.25, -0.2) is 4.79 Å². The third-order valence-corrected chi connectivity index (χ3v) is 3.48. The Balaban J connectivity index is 3.23. The van der Waals surface area contributed by atoms with Gasteiger partial charge in [0.25, 0.3) is 5.91 Å². The van der Waals surface area contributed by atoms with Gasteiger partial charge in [-0.3, -0.25) is 4.79 Å². The van der Waals surface area contributed by atoms with Gasteiger partial charge in [-0.1, -0.05) is 12.2 Å². The van der Waals surface area contributed by atoms with Crippen molar-refractivity contribution in [3.63, 3.8) is 0 Å². The Morgan fingerprint density at radius 1 is 1.47 bits per heavy atom. The second-order valence-corrected chi connectivity index (χ2v) is 4.95. The van der Waals surface area contributed by atoms with Gasteiger partial charge < -0.3 is 21.1 Å². The van der Waals surface area contributed by atoms with E-state index < -0.39 is 5.97 Å². The van der Waals surface area contributed by atoms with Crippen molar-refractivity contribution in [2.24, 2.45) is 0 Å². The van der Waals surface area contributed by atoms with E-state index in [0.717, 1.165) is 16.9 Å². The zero-order valence-electron chi connectivity index (χ0n) is 11.1. The van der Waals surface area contributed by atoms with Crippen molar-refractivity contribution in [1.29, 1.82) is 0 Å².